The van der Waals surface area contributed by atoms with Crippen LogP contribution in [0.3, 0.4) is 0 Å². The van der Waals surface area contributed by atoms with Crippen molar-refractivity contribution in [3.63, 3.8) is 0 Å². The number of anilines is 2. The number of hydrogen-bond acceptors (Lipinski definition) is 7. The minimum absolute atomic E-state index is 0.158. The summed E-state index contributed by atoms with van der Waals surface area (Å²) in [5.74, 6) is 0. The fourth-order valence-electron chi connectivity index (χ4n) is 3.71. The maximum absolute atomic E-state index is 11.1. The average Bonchev–Trinajstić information content (AvgIpc) is 3.55. The number of thiazole rings is 2. The molecule has 0 aliphatic carbocycles. The number of aromatic nitrogens is 2. The van der Waals surface area contributed by atoms with Gasteiger partial charge in [-0.15, -0.1) is 22.7 Å². The van der Waals surface area contributed by atoms with Gasteiger partial charge in [0.05, 0.1) is 23.1 Å². The number of hydrogen-bond donors (Lipinski definition) is 3. The number of nitrogens with one attached hydrogen (secondary N) is 2. The molecule has 182 valence electrons. The predicted octanol–water partition coefficient (Wildman–Crippen LogP) is 6.54. The molecule has 0 fully saturated rings. The molecule has 3 N–H and O–H groups in total. The lowest BCUT2D eigenvalue weighted by atomic mass is 10.0. The molecule has 0 radical (unpaired) electrons. The standard InChI is InChI=1S/C26H22N4O3S3/c31-36(32,33)30-21-13-11-18(12-14-21)15-22(24-17-34-25(27-24)20-9-5-2-6-10-20)28-26-29-23(16-35-26)19-7-3-1-4-8-19/h1-14,16-17,22,30H,15H2,(H,28,29)(H,31,32,33). The zero-order valence-electron chi connectivity index (χ0n) is 18.9. The fraction of sp³-hybridized carbons (Fsp3) is 0.0769. The van der Waals surface area contributed by atoms with Crippen molar-refractivity contribution in [2.45, 2.75) is 12.5 Å². The topological polar surface area (TPSA) is 104 Å². The van der Waals surface area contributed by atoms with Gasteiger partial charge < -0.3 is 5.32 Å². The molecule has 0 amide bonds. The van der Waals surface area contributed by atoms with Gasteiger partial charge in [-0.1, -0.05) is 72.8 Å². The Labute approximate surface area is 217 Å². The van der Waals surface area contributed by atoms with Gasteiger partial charge in [0.25, 0.3) is 0 Å². The number of benzene rings is 3. The predicted molar refractivity (Wildman–Crippen MR) is 147 cm³/mol. The van der Waals surface area contributed by atoms with Crippen molar-refractivity contribution in [1.29, 1.82) is 0 Å². The highest BCUT2D eigenvalue weighted by Crippen LogP contribution is 2.32. The van der Waals surface area contributed by atoms with E-state index in [4.69, 9.17) is 14.5 Å². The van der Waals surface area contributed by atoms with Crippen LogP contribution in [0, 0.1) is 0 Å². The SMILES string of the molecule is O=S(=O)(O)Nc1ccc(CC(Nc2nc(-c3ccccc3)cs2)c2csc(-c3ccccc3)n2)cc1. The van der Waals surface area contributed by atoms with Crippen molar-refractivity contribution in [1.82, 2.24) is 9.97 Å². The summed E-state index contributed by atoms with van der Waals surface area (Å²) < 4.78 is 33.3. The molecule has 36 heavy (non-hydrogen) atoms. The van der Waals surface area contributed by atoms with Crippen molar-refractivity contribution in [2.24, 2.45) is 0 Å². The van der Waals surface area contributed by atoms with Crippen LogP contribution in [-0.2, 0) is 16.7 Å². The Morgan fingerprint density at radius 2 is 1.47 bits per heavy atom. The van der Waals surface area contributed by atoms with Gasteiger partial charge in [-0.05, 0) is 24.1 Å². The summed E-state index contributed by atoms with van der Waals surface area (Å²) in [5.41, 5.74) is 5.19. The molecule has 7 nitrogen and oxygen atoms in total. The summed E-state index contributed by atoms with van der Waals surface area (Å²) >= 11 is 3.13. The van der Waals surface area contributed by atoms with Crippen molar-refractivity contribution >= 4 is 43.8 Å². The maximum Gasteiger partial charge on any atom is 0.357 e. The average molecular weight is 535 g/mol. The van der Waals surface area contributed by atoms with Crippen LogP contribution in [0.5, 0.6) is 0 Å². The van der Waals surface area contributed by atoms with E-state index < -0.39 is 10.3 Å². The molecular formula is C26H22N4O3S3. The first kappa shape index (κ1) is 24.1. The van der Waals surface area contributed by atoms with Gasteiger partial charge in [0.15, 0.2) is 5.13 Å². The largest absolute Gasteiger partial charge is 0.357 e. The lowest BCUT2D eigenvalue weighted by Gasteiger charge is -2.17. The Morgan fingerprint density at radius 3 is 2.14 bits per heavy atom. The molecule has 0 spiro atoms. The molecule has 0 saturated carbocycles. The van der Waals surface area contributed by atoms with E-state index in [0.717, 1.165) is 38.2 Å². The quantitative estimate of drug-likeness (QED) is 0.185. The summed E-state index contributed by atoms with van der Waals surface area (Å²) in [4.78, 5) is 9.70. The highest BCUT2D eigenvalue weighted by molar-refractivity contribution is 7.87. The van der Waals surface area contributed by atoms with Crippen LogP contribution in [-0.4, -0.2) is 22.9 Å². The van der Waals surface area contributed by atoms with Crippen LogP contribution >= 0.6 is 22.7 Å². The molecule has 2 heterocycles. The monoisotopic (exact) mass is 534 g/mol. The number of rotatable bonds is 9. The summed E-state index contributed by atoms with van der Waals surface area (Å²) in [6, 6.07) is 26.8. The van der Waals surface area contributed by atoms with Crippen molar-refractivity contribution in [2.75, 3.05) is 10.0 Å². The first-order valence-electron chi connectivity index (χ1n) is 11.1. The Bertz CT molecular complexity index is 1530. The van der Waals surface area contributed by atoms with Crippen LogP contribution < -0.4 is 10.0 Å². The van der Waals surface area contributed by atoms with Gasteiger partial charge in [-0.3, -0.25) is 9.27 Å². The van der Waals surface area contributed by atoms with E-state index >= 15 is 0 Å². The summed E-state index contributed by atoms with van der Waals surface area (Å²) in [7, 11) is -4.32. The van der Waals surface area contributed by atoms with Crippen molar-refractivity contribution < 1.29 is 13.0 Å². The Balaban J connectivity index is 1.41. The van der Waals surface area contributed by atoms with E-state index in [2.05, 4.69) is 15.4 Å². The van der Waals surface area contributed by atoms with E-state index in [0.29, 0.717) is 12.1 Å². The van der Waals surface area contributed by atoms with Crippen LogP contribution in [0.1, 0.15) is 17.3 Å². The van der Waals surface area contributed by atoms with E-state index in [9.17, 15) is 8.42 Å². The molecule has 3 aromatic carbocycles. The molecular weight excluding hydrogens is 513 g/mol. The fourth-order valence-corrected chi connectivity index (χ4v) is 5.80. The van der Waals surface area contributed by atoms with E-state index in [-0.39, 0.29) is 6.04 Å². The van der Waals surface area contributed by atoms with E-state index in [1.54, 1.807) is 23.5 Å². The zero-order valence-corrected chi connectivity index (χ0v) is 21.4. The molecule has 0 aliphatic heterocycles. The second kappa shape index (κ2) is 10.6. The molecule has 5 rings (SSSR count). The number of nitrogens with zero attached hydrogens (tertiary/aromatic N) is 2. The van der Waals surface area contributed by atoms with E-state index in [1.807, 2.05) is 78.2 Å². The summed E-state index contributed by atoms with van der Waals surface area (Å²) in [6.07, 6.45) is 0.602. The molecule has 1 atom stereocenters. The minimum atomic E-state index is -4.32. The molecule has 0 saturated heterocycles. The maximum atomic E-state index is 11.1. The van der Waals surface area contributed by atoms with Crippen molar-refractivity contribution in [3.05, 3.63) is 107 Å². The third-order valence-corrected chi connectivity index (χ3v) is 7.59. The molecule has 2 aromatic heterocycles. The third-order valence-electron chi connectivity index (χ3n) is 5.41. The highest BCUT2D eigenvalue weighted by atomic mass is 32.2. The van der Waals surface area contributed by atoms with Gasteiger partial charge in [0.1, 0.15) is 5.01 Å². The molecule has 0 aliphatic rings. The Morgan fingerprint density at radius 1 is 0.806 bits per heavy atom. The highest BCUT2D eigenvalue weighted by Gasteiger charge is 2.19. The second-order valence-electron chi connectivity index (χ2n) is 8.02. The zero-order chi connectivity index (χ0) is 25.0. The van der Waals surface area contributed by atoms with Gasteiger partial charge in [0.2, 0.25) is 0 Å². The lowest BCUT2D eigenvalue weighted by molar-refractivity contribution is 0.489. The van der Waals surface area contributed by atoms with Crippen LogP contribution in [0.2, 0.25) is 0 Å². The minimum Gasteiger partial charge on any atom is -0.353 e. The second-order valence-corrected chi connectivity index (χ2v) is 10.9. The Hall–Kier alpha value is -3.57. The summed E-state index contributed by atoms with van der Waals surface area (Å²) in [6.45, 7) is 0. The summed E-state index contributed by atoms with van der Waals surface area (Å²) in [5, 5.41) is 9.36. The lowest BCUT2D eigenvalue weighted by Crippen LogP contribution is -2.14. The van der Waals surface area contributed by atoms with Gasteiger partial charge in [0, 0.05) is 21.9 Å². The smallest absolute Gasteiger partial charge is 0.353 e. The normalized spacial score (nSPS) is 12.2. The molecule has 5 aromatic rings. The van der Waals surface area contributed by atoms with Crippen LogP contribution in [0.25, 0.3) is 21.8 Å². The van der Waals surface area contributed by atoms with E-state index in [1.165, 1.54) is 11.3 Å². The molecule has 0 bridgehead atoms. The van der Waals surface area contributed by atoms with Crippen LogP contribution in [0.15, 0.2) is 95.7 Å². The first-order chi connectivity index (χ1) is 17.4. The molecule has 1 unspecified atom stereocenters. The third kappa shape index (κ3) is 6.16. The van der Waals surface area contributed by atoms with Gasteiger partial charge in [-0.2, -0.15) is 8.42 Å². The van der Waals surface area contributed by atoms with Gasteiger partial charge in [-0.25, -0.2) is 9.97 Å². The van der Waals surface area contributed by atoms with Gasteiger partial charge >= 0.3 is 10.3 Å². The van der Waals surface area contributed by atoms with Crippen LogP contribution in [0.4, 0.5) is 10.8 Å². The Kier molecular flexibility index (Phi) is 7.10. The first-order valence-corrected chi connectivity index (χ1v) is 14.3. The molecule has 10 heteroatoms. The van der Waals surface area contributed by atoms with Crippen molar-refractivity contribution in [3.8, 4) is 21.8 Å².